The maximum absolute atomic E-state index is 12.6. The Labute approximate surface area is 148 Å². The van der Waals surface area contributed by atoms with E-state index in [2.05, 4.69) is 15.5 Å². The summed E-state index contributed by atoms with van der Waals surface area (Å²) in [7, 11) is 0. The monoisotopic (exact) mass is 343 g/mol. The molecule has 1 aliphatic carbocycles. The number of aromatic nitrogens is 2. The lowest BCUT2D eigenvalue weighted by molar-refractivity contribution is -0.123. The molecule has 0 atom stereocenters. The topological polar surface area (TPSA) is 77.2 Å². The average molecular weight is 343 g/mol. The van der Waals surface area contributed by atoms with Crippen molar-refractivity contribution in [1.29, 1.82) is 0 Å². The van der Waals surface area contributed by atoms with Gasteiger partial charge in [-0.1, -0.05) is 36.6 Å². The fraction of sp³-hybridized carbons (Fsp3) is 0.526. The molecule has 0 radical (unpaired) electrons. The van der Waals surface area contributed by atoms with Gasteiger partial charge in [0.1, 0.15) is 11.3 Å². The highest BCUT2D eigenvalue weighted by Crippen LogP contribution is 2.36. The first-order chi connectivity index (χ1) is 12.1. The van der Waals surface area contributed by atoms with Crippen molar-refractivity contribution in [2.24, 2.45) is 0 Å². The maximum Gasteiger partial charge on any atom is 0.252 e. The van der Waals surface area contributed by atoms with Crippen molar-refractivity contribution in [1.82, 2.24) is 15.5 Å². The van der Waals surface area contributed by atoms with Crippen LogP contribution < -0.4 is 10.1 Å². The molecule has 1 heterocycles. The number of carbonyl (C=O) groups excluding carboxylic acids is 1. The van der Waals surface area contributed by atoms with E-state index in [-0.39, 0.29) is 5.91 Å². The Balaban J connectivity index is 1.70. The molecule has 1 fully saturated rings. The highest BCUT2D eigenvalue weighted by Gasteiger charge is 2.40. The molecule has 1 saturated carbocycles. The predicted octanol–water partition coefficient (Wildman–Crippen LogP) is 3.30. The van der Waals surface area contributed by atoms with Crippen LogP contribution in [-0.2, 0) is 16.8 Å². The van der Waals surface area contributed by atoms with Crippen molar-refractivity contribution in [3.8, 4) is 5.75 Å². The van der Waals surface area contributed by atoms with E-state index in [9.17, 15) is 4.79 Å². The molecule has 134 valence electrons. The molecule has 1 aliphatic rings. The zero-order valence-electron chi connectivity index (χ0n) is 14.9. The van der Waals surface area contributed by atoms with E-state index in [1.54, 1.807) is 6.92 Å². The van der Waals surface area contributed by atoms with Crippen molar-refractivity contribution < 1.29 is 14.1 Å². The van der Waals surface area contributed by atoms with Gasteiger partial charge in [-0.15, -0.1) is 0 Å². The van der Waals surface area contributed by atoms with Crippen LogP contribution in [0.15, 0.2) is 28.8 Å². The molecule has 0 unspecified atom stereocenters. The number of carbonyl (C=O) groups is 1. The van der Waals surface area contributed by atoms with E-state index in [4.69, 9.17) is 9.26 Å². The van der Waals surface area contributed by atoms with Gasteiger partial charge in [0.2, 0.25) is 5.91 Å². The van der Waals surface area contributed by atoms with E-state index < -0.39 is 5.54 Å². The van der Waals surface area contributed by atoms with Crippen molar-refractivity contribution in [3.05, 3.63) is 41.5 Å². The fourth-order valence-electron chi connectivity index (χ4n) is 3.41. The van der Waals surface area contributed by atoms with E-state index in [1.807, 2.05) is 31.2 Å². The highest BCUT2D eigenvalue weighted by molar-refractivity contribution is 5.79. The number of aryl methyl sites for hydroxylation is 1. The number of hydrogen-bond donors (Lipinski definition) is 1. The van der Waals surface area contributed by atoms with Gasteiger partial charge >= 0.3 is 0 Å². The number of nitrogens with zero attached hydrogens (tertiary/aromatic N) is 2. The van der Waals surface area contributed by atoms with Gasteiger partial charge in [-0.05, 0) is 44.4 Å². The second-order valence-electron chi connectivity index (χ2n) is 6.59. The van der Waals surface area contributed by atoms with Crippen LogP contribution >= 0.6 is 0 Å². The van der Waals surface area contributed by atoms with Crippen LogP contribution in [0.3, 0.4) is 0 Å². The second kappa shape index (κ2) is 7.68. The van der Waals surface area contributed by atoms with Crippen molar-refractivity contribution >= 4 is 5.91 Å². The van der Waals surface area contributed by atoms with Crippen molar-refractivity contribution in [2.75, 3.05) is 6.61 Å². The van der Waals surface area contributed by atoms with Crippen LogP contribution in [0.5, 0.6) is 5.75 Å². The summed E-state index contributed by atoms with van der Waals surface area (Å²) in [5.74, 6) is 1.92. The van der Waals surface area contributed by atoms with Gasteiger partial charge in [0.05, 0.1) is 13.0 Å². The molecule has 6 nitrogen and oxygen atoms in total. The van der Waals surface area contributed by atoms with Crippen molar-refractivity contribution in [3.63, 3.8) is 0 Å². The summed E-state index contributed by atoms with van der Waals surface area (Å²) in [4.78, 5) is 17.0. The zero-order chi connectivity index (χ0) is 17.7. The van der Waals surface area contributed by atoms with Gasteiger partial charge in [-0.3, -0.25) is 4.79 Å². The molecule has 0 aliphatic heterocycles. The Hall–Kier alpha value is -2.37. The Morgan fingerprint density at radius 1 is 1.24 bits per heavy atom. The standard InChI is InChI=1S/C19H25N3O3/c1-3-24-16-9-7-15(8-10-16)13-17(23)21-19(11-5-4-6-12-19)18-20-14(2)22-25-18/h7-10H,3-6,11-13H2,1-2H3,(H,21,23). The lowest BCUT2D eigenvalue weighted by Crippen LogP contribution is -2.48. The van der Waals surface area contributed by atoms with E-state index in [0.29, 0.717) is 24.7 Å². The van der Waals surface area contributed by atoms with Gasteiger partial charge in [-0.2, -0.15) is 4.98 Å². The smallest absolute Gasteiger partial charge is 0.252 e. The van der Waals surface area contributed by atoms with E-state index >= 15 is 0 Å². The average Bonchev–Trinajstić information content (AvgIpc) is 3.05. The van der Waals surface area contributed by atoms with E-state index in [1.165, 1.54) is 6.42 Å². The number of benzene rings is 1. The Bertz CT molecular complexity index is 703. The summed E-state index contributed by atoms with van der Waals surface area (Å²) in [6, 6.07) is 7.64. The number of rotatable bonds is 6. The second-order valence-corrected chi connectivity index (χ2v) is 6.59. The quantitative estimate of drug-likeness (QED) is 0.871. The summed E-state index contributed by atoms with van der Waals surface area (Å²) in [5.41, 5.74) is 0.426. The first-order valence-corrected chi connectivity index (χ1v) is 8.95. The van der Waals surface area contributed by atoms with Crippen LogP contribution in [0.4, 0.5) is 0 Å². The molecule has 1 aromatic heterocycles. The first kappa shape index (κ1) is 17.5. The Morgan fingerprint density at radius 3 is 2.56 bits per heavy atom. The third-order valence-corrected chi connectivity index (χ3v) is 4.62. The molecule has 0 spiro atoms. The van der Waals surface area contributed by atoms with Gasteiger partial charge in [0.15, 0.2) is 5.82 Å². The van der Waals surface area contributed by atoms with Crippen LogP contribution in [0.25, 0.3) is 0 Å². The molecular weight excluding hydrogens is 318 g/mol. The Morgan fingerprint density at radius 2 is 1.96 bits per heavy atom. The van der Waals surface area contributed by atoms with Crippen LogP contribution in [0.1, 0.15) is 56.3 Å². The molecule has 0 saturated heterocycles. The number of nitrogens with one attached hydrogen (secondary N) is 1. The summed E-state index contributed by atoms with van der Waals surface area (Å²) >= 11 is 0. The molecule has 0 bridgehead atoms. The summed E-state index contributed by atoms with van der Waals surface area (Å²) in [6.45, 7) is 4.38. The molecular formula is C19H25N3O3. The minimum atomic E-state index is -0.526. The molecule has 1 N–H and O–H groups in total. The third-order valence-electron chi connectivity index (χ3n) is 4.62. The summed E-state index contributed by atoms with van der Waals surface area (Å²) in [6.07, 6.45) is 5.26. The first-order valence-electron chi connectivity index (χ1n) is 8.95. The van der Waals surface area contributed by atoms with Gasteiger partial charge in [0, 0.05) is 0 Å². The predicted molar refractivity (Wildman–Crippen MR) is 93.3 cm³/mol. The normalized spacial score (nSPS) is 16.4. The lowest BCUT2D eigenvalue weighted by atomic mass is 9.81. The van der Waals surface area contributed by atoms with Gasteiger partial charge < -0.3 is 14.6 Å². The van der Waals surface area contributed by atoms with Gasteiger partial charge in [-0.25, -0.2) is 0 Å². The number of hydrogen-bond acceptors (Lipinski definition) is 5. The molecule has 2 aromatic rings. The van der Waals surface area contributed by atoms with Crippen molar-refractivity contribution in [2.45, 2.75) is 57.9 Å². The third kappa shape index (κ3) is 4.18. The fourth-order valence-corrected chi connectivity index (χ4v) is 3.41. The molecule has 1 aromatic carbocycles. The SMILES string of the molecule is CCOc1ccc(CC(=O)NC2(c3nc(C)no3)CCCCC2)cc1. The van der Waals surface area contributed by atoms with Crippen LogP contribution in [-0.4, -0.2) is 22.7 Å². The largest absolute Gasteiger partial charge is 0.494 e. The Kier molecular flexibility index (Phi) is 5.36. The minimum absolute atomic E-state index is 0.0260. The van der Waals surface area contributed by atoms with Gasteiger partial charge in [0.25, 0.3) is 5.89 Å². The lowest BCUT2D eigenvalue weighted by Gasteiger charge is -2.34. The number of amides is 1. The molecule has 6 heteroatoms. The van der Waals surface area contributed by atoms with E-state index in [0.717, 1.165) is 37.0 Å². The van der Waals surface area contributed by atoms with Crippen LogP contribution in [0.2, 0.25) is 0 Å². The maximum atomic E-state index is 12.6. The summed E-state index contributed by atoms with van der Waals surface area (Å²) in [5, 5.41) is 7.09. The van der Waals surface area contributed by atoms with Crippen LogP contribution in [0, 0.1) is 6.92 Å². The molecule has 25 heavy (non-hydrogen) atoms. The zero-order valence-corrected chi connectivity index (χ0v) is 14.9. The number of ether oxygens (including phenoxy) is 1. The highest BCUT2D eigenvalue weighted by atomic mass is 16.5. The molecule has 1 amide bonds. The summed E-state index contributed by atoms with van der Waals surface area (Å²) < 4.78 is 10.8. The molecule has 3 rings (SSSR count). The minimum Gasteiger partial charge on any atom is -0.494 e.